The first-order chi connectivity index (χ1) is 11.0. The maximum Gasteiger partial charge on any atom is 0.257 e. The van der Waals surface area contributed by atoms with Crippen molar-refractivity contribution >= 4 is 11.6 Å². The number of nitrogens with one attached hydrogen (secondary N) is 1. The Labute approximate surface area is 134 Å². The van der Waals surface area contributed by atoms with Gasteiger partial charge in [0, 0.05) is 30.8 Å². The number of carbonyl (C=O) groups is 1. The Morgan fingerprint density at radius 2 is 2.17 bits per heavy atom. The third kappa shape index (κ3) is 3.23. The molecule has 0 unspecified atom stereocenters. The van der Waals surface area contributed by atoms with E-state index in [-0.39, 0.29) is 5.91 Å². The molecule has 0 aromatic carbocycles. The zero-order chi connectivity index (χ0) is 16.4. The van der Waals surface area contributed by atoms with Gasteiger partial charge in [0.1, 0.15) is 11.4 Å². The van der Waals surface area contributed by atoms with E-state index >= 15 is 0 Å². The molecule has 0 spiro atoms. The van der Waals surface area contributed by atoms with Crippen LogP contribution in [-0.4, -0.2) is 30.1 Å². The summed E-state index contributed by atoms with van der Waals surface area (Å²) in [7, 11) is 0. The topological polar surface area (TPSA) is 77.1 Å². The summed E-state index contributed by atoms with van der Waals surface area (Å²) in [6, 6.07) is 1.85. The highest BCUT2D eigenvalue weighted by Crippen LogP contribution is 2.09. The van der Waals surface area contributed by atoms with Crippen LogP contribution in [0.5, 0.6) is 0 Å². The number of amides is 1. The lowest BCUT2D eigenvalue weighted by molar-refractivity contribution is 0.0951. The van der Waals surface area contributed by atoms with Crippen LogP contribution >= 0.6 is 0 Å². The molecule has 120 valence electrons. The van der Waals surface area contributed by atoms with Crippen molar-refractivity contribution in [3.8, 4) is 0 Å². The minimum Gasteiger partial charge on any atom is -0.345 e. The molecule has 0 bridgehead atoms. The average molecular weight is 312 g/mol. The molecule has 0 fully saturated rings. The summed E-state index contributed by atoms with van der Waals surface area (Å²) in [5, 5.41) is 7.05. The molecule has 0 aliphatic carbocycles. The van der Waals surface area contributed by atoms with Gasteiger partial charge in [0.25, 0.3) is 5.91 Å². The molecule has 0 aliphatic rings. The largest absolute Gasteiger partial charge is 0.345 e. The van der Waals surface area contributed by atoms with Gasteiger partial charge in [-0.05, 0) is 18.9 Å². The van der Waals surface area contributed by atoms with Gasteiger partial charge in [-0.2, -0.15) is 5.10 Å². The average Bonchev–Trinajstić information content (AvgIpc) is 3.10. The lowest BCUT2D eigenvalue weighted by Gasteiger charge is -2.10. The summed E-state index contributed by atoms with van der Waals surface area (Å²) < 4.78 is 3.66. The Morgan fingerprint density at radius 1 is 1.35 bits per heavy atom. The monoisotopic (exact) mass is 312 g/mol. The lowest BCUT2D eigenvalue weighted by Crippen LogP contribution is -2.25. The van der Waals surface area contributed by atoms with E-state index in [2.05, 4.69) is 38.8 Å². The predicted octanol–water partition coefficient (Wildman–Crippen LogP) is 1.82. The molecule has 7 heteroatoms. The predicted molar refractivity (Wildman–Crippen MR) is 86.0 cm³/mol. The summed E-state index contributed by atoms with van der Waals surface area (Å²) in [5.74, 6) is 1.16. The van der Waals surface area contributed by atoms with E-state index < -0.39 is 0 Å². The summed E-state index contributed by atoms with van der Waals surface area (Å²) >= 11 is 0. The van der Waals surface area contributed by atoms with Gasteiger partial charge in [0.05, 0.1) is 12.7 Å². The maximum absolute atomic E-state index is 12.4. The smallest absolute Gasteiger partial charge is 0.257 e. The molecule has 3 aromatic heterocycles. The summed E-state index contributed by atoms with van der Waals surface area (Å²) in [6.45, 7) is 7.44. The van der Waals surface area contributed by atoms with E-state index in [4.69, 9.17) is 0 Å². The Morgan fingerprint density at radius 3 is 2.96 bits per heavy atom. The number of aryl methyl sites for hydroxylation is 1. The highest BCUT2D eigenvalue weighted by Gasteiger charge is 2.15. The van der Waals surface area contributed by atoms with Crippen LogP contribution in [0.1, 0.15) is 35.7 Å². The third-order valence-corrected chi connectivity index (χ3v) is 3.52. The lowest BCUT2D eigenvalue weighted by atomic mass is 10.2. The summed E-state index contributed by atoms with van der Waals surface area (Å²) in [6.07, 6.45) is 7.02. The minimum absolute atomic E-state index is 0.197. The second-order valence-electron chi connectivity index (χ2n) is 5.97. The van der Waals surface area contributed by atoms with Gasteiger partial charge in [-0.15, -0.1) is 0 Å². The van der Waals surface area contributed by atoms with Gasteiger partial charge in [0.2, 0.25) is 0 Å². The van der Waals surface area contributed by atoms with E-state index in [0.29, 0.717) is 23.7 Å². The molecule has 3 rings (SSSR count). The van der Waals surface area contributed by atoms with Crippen LogP contribution in [0.3, 0.4) is 0 Å². The van der Waals surface area contributed by atoms with Crippen molar-refractivity contribution in [2.75, 3.05) is 0 Å². The number of rotatable bonds is 5. The molecule has 0 saturated heterocycles. The van der Waals surface area contributed by atoms with Crippen LogP contribution in [0.2, 0.25) is 0 Å². The standard InChI is InChI=1S/C16H20N6O/c1-11(2)10-21-7-5-17-14(21)9-18-16(23)13-8-19-22-6-4-12(3)20-15(13)22/h4-8,11H,9-10H2,1-3H3,(H,18,23). The number of fused-ring (bicyclic) bond motifs is 1. The molecular weight excluding hydrogens is 292 g/mol. The number of hydrogen-bond donors (Lipinski definition) is 1. The van der Waals surface area contributed by atoms with Crippen molar-refractivity contribution in [3.63, 3.8) is 0 Å². The first-order valence-corrected chi connectivity index (χ1v) is 7.64. The SMILES string of the molecule is Cc1ccn2ncc(C(=O)NCc3nccn3CC(C)C)c2n1. The van der Waals surface area contributed by atoms with Crippen molar-refractivity contribution in [1.29, 1.82) is 0 Å². The van der Waals surface area contributed by atoms with Crippen molar-refractivity contribution in [2.24, 2.45) is 5.92 Å². The second-order valence-corrected chi connectivity index (χ2v) is 5.97. The van der Waals surface area contributed by atoms with Gasteiger partial charge < -0.3 is 9.88 Å². The first kappa shape index (κ1) is 15.2. The van der Waals surface area contributed by atoms with Crippen molar-refractivity contribution in [1.82, 2.24) is 29.5 Å². The van der Waals surface area contributed by atoms with Crippen LogP contribution in [0.25, 0.3) is 5.65 Å². The molecule has 3 aromatic rings. The number of imidazole rings is 1. The Kier molecular flexibility index (Phi) is 4.10. The molecule has 3 heterocycles. The molecule has 1 amide bonds. The number of hydrogen-bond acceptors (Lipinski definition) is 4. The first-order valence-electron chi connectivity index (χ1n) is 7.64. The molecule has 23 heavy (non-hydrogen) atoms. The molecule has 0 saturated carbocycles. The second kappa shape index (κ2) is 6.20. The Bertz CT molecular complexity index is 832. The zero-order valence-corrected chi connectivity index (χ0v) is 13.5. The number of carbonyl (C=O) groups excluding carboxylic acids is 1. The third-order valence-electron chi connectivity index (χ3n) is 3.52. The van der Waals surface area contributed by atoms with Crippen LogP contribution in [0.4, 0.5) is 0 Å². The Hall–Kier alpha value is -2.70. The molecule has 1 N–H and O–H groups in total. The van der Waals surface area contributed by atoms with Crippen molar-refractivity contribution < 1.29 is 4.79 Å². The normalized spacial score (nSPS) is 11.3. The van der Waals surface area contributed by atoms with E-state index in [1.165, 1.54) is 6.20 Å². The van der Waals surface area contributed by atoms with Crippen LogP contribution in [0, 0.1) is 12.8 Å². The van der Waals surface area contributed by atoms with E-state index in [1.54, 1.807) is 16.9 Å². The molecule has 7 nitrogen and oxygen atoms in total. The van der Waals surface area contributed by atoms with Crippen LogP contribution in [0.15, 0.2) is 30.9 Å². The van der Waals surface area contributed by atoms with Gasteiger partial charge in [-0.3, -0.25) is 4.79 Å². The molecule has 0 atom stereocenters. The highest BCUT2D eigenvalue weighted by molar-refractivity contribution is 5.99. The zero-order valence-electron chi connectivity index (χ0n) is 13.5. The molecular formula is C16H20N6O. The van der Waals surface area contributed by atoms with Gasteiger partial charge in [0.15, 0.2) is 5.65 Å². The Balaban J connectivity index is 1.74. The van der Waals surface area contributed by atoms with Crippen molar-refractivity contribution in [2.45, 2.75) is 33.9 Å². The number of nitrogens with zero attached hydrogens (tertiary/aromatic N) is 5. The van der Waals surface area contributed by atoms with E-state index in [0.717, 1.165) is 18.1 Å². The fourth-order valence-electron chi connectivity index (χ4n) is 2.44. The van der Waals surface area contributed by atoms with Crippen LogP contribution in [-0.2, 0) is 13.1 Å². The minimum atomic E-state index is -0.197. The van der Waals surface area contributed by atoms with Gasteiger partial charge in [-0.25, -0.2) is 14.5 Å². The van der Waals surface area contributed by atoms with Crippen molar-refractivity contribution in [3.05, 3.63) is 47.9 Å². The quantitative estimate of drug-likeness (QED) is 0.779. The molecule has 0 aliphatic heterocycles. The fourth-order valence-corrected chi connectivity index (χ4v) is 2.44. The van der Waals surface area contributed by atoms with Gasteiger partial charge in [-0.1, -0.05) is 13.8 Å². The summed E-state index contributed by atoms with van der Waals surface area (Å²) in [4.78, 5) is 21.1. The van der Waals surface area contributed by atoms with E-state index in [1.807, 2.05) is 19.2 Å². The molecule has 0 radical (unpaired) electrons. The number of aromatic nitrogens is 5. The van der Waals surface area contributed by atoms with E-state index in [9.17, 15) is 4.79 Å². The summed E-state index contributed by atoms with van der Waals surface area (Å²) in [5.41, 5.74) is 1.88. The maximum atomic E-state index is 12.4. The van der Waals surface area contributed by atoms with Gasteiger partial charge >= 0.3 is 0 Å². The highest BCUT2D eigenvalue weighted by atomic mass is 16.1. The fraction of sp³-hybridized carbons (Fsp3) is 0.375. The van der Waals surface area contributed by atoms with Crippen LogP contribution < -0.4 is 5.32 Å².